The van der Waals surface area contributed by atoms with Crippen LogP contribution in [0.2, 0.25) is 0 Å². The van der Waals surface area contributed by atoms with Crippen molar-refractivity contribution in [2.75, 3.05) is 7.11 Å². The molecule has 23 heavy (non-hydrogen) atoms. The van der Waals surface area contributed by atoms with Gasteiger partial charge in [0.15, 0.2) is 5.78 Å². The maximum atomic E-state index is 12.3. The Morgan fingerprint density at radius 2 is 2.13 bits per heavy atom. The first-order valence-corrected chi connectivity index (χ1v) is 8.50. The Morgan fingerprint density at radius 3 is 2.87 bits per heavy atom. The van der Waals surface area contributed by atoms with Crippen molar-refractivity contribution >= 4 is 40.6 Å². The third kappa shape index (κ3) is 3.67. The molecule has 0 radical (unpaired) electrons. The van der Waals surface area contributed by atoms with Crippen LogP contribution in [0.4, 0.5) is 0 Å². The molecule has 0 unspecified atom stereocenters. The maximum absolute atomic E-state index is 12.3. The number of aromatic nitrogens is 1. The third-order valence-corrected chi connectivity index (χ3v) is 4.90. The number of hydrogen-bond donors (Lipinski definition) is 1. The van der Waals surface area contributed by atoms with Crippen molar-refractivity contribution in [2.24, 2.45) is 0 Å². The average molecular weight is 343 g/mol. The fourth-order valence-corrected chi connectivity index (χ4v) is 3.61. The minimum absolute atomic E-state index is 0.177. The summed E-state index contributed by atoms with van der Waals surface area (Å²) in [6.07, 6.45) is 3.26. The second-order valence-electron chi connectivity index (χ2n) is 4.68. The number of ether oxygens (including phenoxy) is 1. The second-order valence-corrected chi connectivity index (χ2v) is 6.75. The molecule has 4 nitrogen and oxygen atoms in total. The minimum atomic E-state index is -0.187. The Kier molecular flexibility index (Phi) is 4.55. The summed E-state index contributed by atoms with van der Waals surface area (Å²) in [7, 11) is 1.55. The Hall–Kier alpha value is -2.44. The molecule has 0 fully saturated rings. The SMILES string of the molecule is COc1cccc(C(=O)/C=c2/[nH]c(=O)/c(=C\c3cccs3)s2)c1. The van der Waals surface area contributed by atoms with Crippen LogP contribution >= 0.6 is 22.7 Å². The van der Waals surface area contributed by atoms with E-state index in [1.165, 1.54) is 17.4 Å². The fraction of sp³-hybridized carbons (Fsp3) is 0.0588. The molecule has 3 aromatic rings. The van der Waals surface area contributed by atoms with Crippen LogP contribution in [0.1, 0.15) is 15.2 Å². The molecular formula is C17H13NO3S2. The second kappa shape index (κ2) is 6.76. The maximum Gasteiger partial charge on any atom is 0.266 e. The van der Waals surface area contributed by atoms with Crippen molar-refractivity contribution < 1.29 is 9.53 Å². The van der Waals surface area contributed by atoms with Crippen molar-refractivity contribution in [3.05, 3.63) is 71.8 Å². The predicted octanol–water partition coefficient (Wildman–Crippen LogP) is 2.00. The fourth-order valence-electron chi connectivity index (χ4n) is 2.01. The van der Waals surface area contributed by atoms with E-state index in [0.717, 1.165) is 4.88 Å². The molecule has 2 heterocycles. The molecule has 0 aliphatic heterocycles. The monoisotopic (exact) mass is 343 g/mol. The molecule has 0 aliphatic carbocycles. The quantitative estimate of drug-likeness (QED) is 0.737. The average Bonchev–Trinajstić information content (AvgIpc) is 3.18. The number of hydrogen-bond acceptors (Lipinski definition) is 5. The standard InChI is InChI=1S/C17H13NO3S2/c1-21-12-5-2-4-11(8-12)14(19)10-16-18-17(20)15(23-16)9-13-6-3-7-22-13/h2-10H,1H3,(H,18,20)/b15-9+,16-10-. The first kappa shape index (κ1) is 15.5. The van der Waals surface area contributed by atoms with Gasteiger partial charge in [-0.3, -0.25) is 9.59 Å². The van der Waals surface area contributed by atoms with Crippen LogP contribution in [0, 0.1) is 0 Å². The van der Waals surface area contributed by atoms with Crippen LogP contribution in [0.3, 0.4) is 0 Å². The van der Waals surface area contributed by atoms with Crippen LogP contribution < -0.4 is 19.5 Å². The number of methoxy groups -OCH3 is 1. The molecule has 0 saturated heterocycles. The number of carbonyl (C=O) groups excluding carboxylic acids is 1. The molecule has 2 aromatic heterocycles. The number of carbonyl (C=O) groups is 1. The van der Waals surface area contributed by atoms with E-state index in [9.17, 15) is 9.59 Å². The lowest BCUT2D eigenvalue weighted by Gasteiger charge is -2.00. The van der Waals surface area contributed by atoms with Gasteiger partial charge in [-0.1, -0.05) is 18.2 Å². The summed E-state index contributed by atoms with van der Waals surface area (Å²) < 4.78 is 6.23. The highest BCUT2D eigenvalue weighted by atomic mass is 32.1. The summed E-state index contributed by atoms with van der Waals surface area (Å²) in [4.78, 5) is 28.0. The zero-order chi connectivity index (χ0) is 16.2. The van der Waals surface area contributed by atoms with Gasteiger partial charge in [-0.05, 0) is 29.7 Å². The first-order chi connectivity index (χ1) is 11.2. The molecule has 3 rings (SSSR count). The smallest absolute Gasteiger partial charge is 0.266 e. The minimum Gasteiger partial charge on any atom is -0.497 e. The van der Waals surface area contributed by atoms with Gasteiger partial charge in [0.2, 0.25) is 0 Å². The highest BCUT2D eigenvalue weighted by Gasteiger charge is 2.04. The Balaban J connectivity index is 1.97. The van der Waals surface area contributed by atoms with E-state index < -0.39 is 0 Å². The van der Waals surface area contributed by atoms with Crippen LogP contribution in [0.5, 0.6) is 5.75 Å². The van der Waals surface area contributed by atoms with Gasteiger partial charge in [-0.2, -0.15) is 0 Å². The van der Waals surface area contributed by atoms with Crippen LogP contribution in [0.25, 0.3) is 12.2 Å². The van der Waals surface area contributed by atoms with Gasteiger partial charge in [0.25, 0.3) is 5.56 Å². The molecule has 0 bridgehead atoms. The molecule has 0 saturated carbocycles. The number of H-pyrrole nitrogens is 1. The van der Waals surface area contributed by atoms with Crippen LogP contribution in [-0.2, 0) is 0 Å². The van der Waals surface area contributed by atoms with Crippen molar-refractivity contribution in [1.82, 2.24) is 4.98 Å². The van der Waals surface area contributed by atoms with E-state index in [1.54, 1.807) is 42.7 Å². The van der Waals surface area contributed by atoms with Gasteiger partial charge >= 0.3 is 0 Å². The van der Waals surface area contributed by atoms with Gasteiger partial charge in [0.05, 0.1) is 16.3 Å². The summed E-state index contributed by atoms with van der Waals surface area (Å²) in [6, 6.07) is 10.8. The number of thiazole rings is 1. The lowest BCUT2D eigenvalue weighted by atomic mass is 10.1. The predicted molar refractivity (Wildman–Crippen MR) is 93.9 cm³/mol. The number of Topliss-reactive ketones (excluding diaryl/α,β-unsaturated/α-hetero) is 1. The Bertz CT molecular complexity index is 997. The first-order valence-electron chi connectivity index (χ1n) is 6.80. The highest BCUT2D eigenvalue weighted by Crippen LogP contribution is 2.13. The Labute approximate surface area is 140 Å². The Morgan fingerprint density at radius 1 is 1.26 bits per heavy atom. The van der Waals surface area contributed by atoms with E-state index in [1.807, 2.05) is 23.6 Å². The van der Waals surface area contributed by atoms with E-state index in [-0.39, 0.29) is 11.3 Å². The van der Waals surface area contributed by atoms with Crippen LogP contribution in [-0.4, -0.2) is 17.9 Å². The number of nitrogens with one attached hydrogen (secondary N) is 1. The lowest BCUT2D eigenvalue weighted by molar-refractivity contribution is 0.106. The largest absolute Gasteiger partial charge is 0.497 e. The summed E-state index contributed by atoms with van der Waals surface area (Å²) in [5.74, 6) is 0.444. The number of rotatable bonds is 4. The lowest BCUT2D eigenvalue weighted by Crippen LogP contribution is -2.19. The topological polar surface area (TPSA) is 59.2 Å². The van der Waals surface area contributed by atoms with E-state index in [2.05, 4.69) is 4.98 Å². The van der Waals surface area contributed by atoms with Crippen molar-refractivity contribution in [3.8, 4) is 5.75 Å². The number of aromatic amines is 1. The molecular weight excluding hydrogens is 330 g/mol. The number of ketones is 1. The number of benzene rings is 1. The van der Waals surface area contributed by atoms with Crippen molar-refractivity contribution in [3.63, 3.8) is 0 Å². The summed E-state index contributed by atoms with van der Waals surface area (Å²) in [5, 5.41) is 1.95. The van der Waals surface area contributed by atoms with Crippen molar-refractivity contribution in [2.45, 2.75) is 0 Å². The zero-order valence-corrected chi connectivity index (χ0v) is 13.9. The van der Waals surface area contributed by atoms with Crippen molar-refractivity contribution in [1.29, 1.82) is 0 Å². The molecule has 1 aromatic carbocycles. The highest BCUT2D eigenvalue weighted by molar-refractivity contribution is 7.11. The molecule has 0 amide bonds. The zero-order valence-electron chi connectivity index (χ0n) is 12.2. The molecule has 6 heteroatoms. The van der Waals surface area contributed by atoms with E-state index in [0.29, 0.717) is 20.5 Å². The normalized spacial score (nSPS) is 12.6. The van der Waals surface area contributed by atoms with E-state index in [4.69, 9.17) is 4.74 Å². The van der Waals surface area contributed by atoms with Crippen LogP contribution in [0.15, 0.2) is 46.6 Å². The number of thiophene rings is 1. The molecule has 116 valence electrons. The molecule has 0 aliphatic rings. The van der Waals surface area contributed by atoms with Gasteiger partial charge in [0.1, 0.15) is 5.75 Å². The summed E-state index contributed by atoms with van der Waals surface area (Å²) in [6.45, 7) is 0. The van der Waals surface area contributed by atoms with Gasteiger partial charge in [0, 0.05) is 16.5 Å². The summed E-state index contributed by atoms with van der Waals surface area (Å²) in [5.41, 5.74) is 0.329. The van der Waals surface area contributed by atoms with Gasteiger partial charge in [-0.15, -0.1) is 22.7 Å². The molecule has 1 N–H and O–H groups in total. The third-order valence-electron chi connectivity index (χ3n) is 3.11. The van der Waals surface area contributed by atoms with Gasteiger partial charge < -0.3 is 9.72 Å². The molecule has 0 atom stereocenters. The molecule has 0 spiro atoms. The van der Waals surface area contributed by atoms with E-state index >= 15 is 0 Å². The summed E-state index contributed by atoms with van der Waals surface area (Å²) >= 11 is 2.82. The van der Waals surface area contributed by atoms with Gasteiger partial charge in [-0.25, -0.2) is 0 Å².